The number of thioether (sulfide) groups is 2. The number of ether oxygens (including phenoxy) is 8. The fourth-order valence-corrected chi connectivity index (χ4v) is 13.5. The maximum atomic E-state index is 13.9. The third-order valence-corrected chi connectivity index (χ3v) is 17.9. The Morgan fingerprint density at radius 1 is 0.447 bits per heavy atom. The number of benzene rings is 1. The van der Waals surface area contributed by atoms with Gasteiger partial charge in [-0.15, -0.1) is 0 Å². The van der Waals surface area contributed by atoms with Crippen molar-refractivity contribution in [3.8, 4) is 17.6 Å². The molecule has 1 aromatic carbocycles. The lowest BCUT2D eigenvalue weighted by Gasteiger charge is -2.36. The number of nitriles is 1. The van der Waals surface area contributed by atoms with E-state index in [4.69, 9.17) is 37.9 Å². The van der Waals surface area contributed by atoms with Crippen molar-refractivity contribution < 1.29 is 76.3 Å². The molecule has 0 saturated heterocycles. The summed E-state index contributed by atoms with van der Waals surface area (Å²) < 4.78 is 43.6. The Hall–Kier alpha value is -5.87. The molecule has 0 aromatic heterocycles. The number of rotatable bonds is 25. The van der Waals surface area contributed by atoms with Crippen LogP contribution >= 0.6 is 23.5 Å². The first-order valence-corrected chi connectivity index (χ1v) is 28.4. The highest BCUT2D eigenvalue weighted by Gasteiger charge is 2.39. The molecule has 4 fully saturated rings. The summed E-state index contributed by atoms with van der Waals surface area (Å²) >= 11 is 2.09. The van der Waals surface area contributed by atoms with E-state index in [0.29, 0.717) is 84.8 Å². The predicted molar refractivity (Wildman–Crippen MR) is 279 cm³/mol. The molecule has 19 heteroatoms. The maximum Gasteiger partial charge on any atom is 0.350 e. The molecule has 1 aromatic rings. The molecule has 412 valence electrons. The van der Waals surface area contributed by atoms with Crippen LogP contribution in [-0.4, -0.2) is 87.4 Å². The second-order valence-corrected chi connectivity index (χ2v) is 22.3. The van der Waals surface area contributed by atoms with Gasteiger partial charge in [-0.1, -0.05) is 43.3 Å². The van der Waals surface area contributed by atoms with Gasteiger partial charge in [-0.3, -0.25) is 19.2 Å². The number of hydrogen-bond acceptors (Lipinski definition) is 19. The Balaban J connectivity index is 1.00. The lowest BCUT2D eigenvalue weighted by atomic mass is 9.69. The van der Waals surface area contributed by atoms with E-state index in [0.717, 1.165) is 119 Å². The number of carbonyl (C=O) groups is 8. The van der Waals surface area contributed by atoms with Crippen molar-refractivity contribution in [2.24, 2.45) is 47.3 Å². The highest BCUT2D eigenvalue weighted by molar-refractivity contribution is 8.24. The Labute approximate surface area is 453 Å². The SMILES string of the molecule is C=CC(=O)OCCCCOC(=O)C1CCC(C2CCC(C(=O)Oc3ccc(OC(=O)C4CCC(C5CCC(C(=O)OCCCCOC(=O)C=C)CC5)CC4)c4c3SC(=C(C#N)C(=O)OCCOC(=O)C=C)S4)CC2)CC1. The van der Waals surface area contributed by atoms with E-state index in [2.05, 4.69) is 19.7 Å². The van der Waals surface area contributed by atoms with Crippen LogP contribution in [0.2, 0.25) is 0 Å². The zero-order valence-electron chi connectivity index (χ0n) is 43.3. The third-order valence-electron chi connectivity index (χ3n) is 15.2. The largest absolute Gasteiger partial charge is 0.465 e. The summed E-state index contributed by atoms with van der Waals surface area (Å²) in [6, 6.07) is 5.09. The fourth-order valence-electron chi connectivity index (χ4n) is 10.9. The molecule has 4 saturated carbocycles. The smallest absolute Gasteiger partial charge is 0.350 e. The number of unbranched alkanes of at least 4 members (excludes halogenated alkanes) is 2. The van der Waals surface area contributed by atoms with Gasteiger partial charge in [-0.25, -0.2) is 19.2 Å². The molecule has 0 spiro atoms. The number of hydrogen-bond donors (Lipinski definition) is 0. The Morgan fingerprint density at radius 3 is 1.08 bits per heavy atom. The van der Waals surface area contributed by atoms with Crippen molar-refractivity contribution in [2.75, 3.05) is 39.6 Å². The molecule has 5 aliphatic rings. The topological polar surface area (TPSA) is 234 Å². The van der Waals surface area contributed by atoms with Gasteiger partial charge in [-0.2, -0.15) is 5.26 Å². The summed E-state index contributed by atoms with van der Waals surface area (Å²) in [5, 5.41) is 10.2. The number of esters is 8. The van der Waals surface area contributed by atoms with Crippen molar-refractivity contribution in [2.45, 2.75) is 138 Å². The number of nitrogens with zero attached hydrogens (tertiary/aromatic N) is 1. The second-order valence-electron chi connectivity index (χ2n) is 20.0. The fraction of sp³-hybridized carbons (Fsp3) is 0.596. The van der Waals surface area contributed by atoms with E-state index >= 15 is 0 Å². The summed E-state index contributed by atoms with van der Waals surface area (Å²) in [5.74, 6) is -2.52. The van der Waals surface area contributed by atoms with E-state index in [1.807, 2.05) is 6.07 Å². The summed E-state index contributed by atoms with van der Waals surface area (Å²) in [4.78, 5) is 101. The number of fused-ring (bicyclic) bond motifs is 1. The van der Waals surface area contributed by atoms with Crippen LogP contribution in [0.3, 0.4) is 0 Å². The van der Waals surface area contributed by atoms with Crippen LogP contribution in [0.15, 0.2) is 69.7 Å². The average molecular weight is 1090 g/mol. The van der Waals surface area contributed by atoms with Gasteiger partial charge in [0.2, 0.25) is 0 Å². The molecule has 0 unspecified atom stereocenters. The minimum atomic E-state index is -0.942. The van der Waals surface area contributed by atoms with Crippen LogP contribution in [0, 0.1) is 58.7 Å². The highest BCUT2D eigenvalue weighted by Crippen LogP contribution is 2.59. The summed E-state index contributed by atoms with van der Waals surface area (Å²) in [5.41, 5.74) is -0.314. The number of carbonyl (C=O) groups excluding carboxylic acids is 8. The van der Waals surface area contributed by atoms with E-state index in [1.54, 1.807) is 12.1 Å². The van der Waals surface area contributed by atoms with Crippen LogP contribution in [-0.2, 0) is 66.8 Å². The second kappa shape index (κ2) is 30.8. The first kappa shape index (κ1) is 59.4. The van der Waals surface area contributed by atoms with Gasteiger partial charge in [0, 0.05) is 18.2 Å². The van der Waals surface area contributed by atoms with Gasteiger partial charge in [0.1, 0.15) is 30.8 Å². The molecular weight excluding hydrogens is 1020 g/mol. The molecule has 0 bridgehead atoms. The first-order valence-electron chi connectivity index (χ1n) is 26.8. The van der Waals surface area contributed by atoms with Crippen LogP contribution in [0.1, 0.15) is 128 Å². The molecule has 4 aliphatic carbocycles. The van der Waals surface area contributed by atoms with Gasteiger partial charge in [-0.05, 0) is 164 Å². The maximum absolute atomic E-state index is 13.9. The minimum Gasteiger partial charge on any atom is -0.465 e. The van der Waals surface area contributed by atoms with Crippen LogP contribution in [0.4, 0.5) is 0 Å². The molecule has 0 atom stereocenters. The van der Waals surface area contributed by atoms with E-state index in [9.17, 15) is 43.6 Å². The monoisotopic (exact) mass is 1090 g/mol. The van der Waals surface area contributed by atoms with Gasteiger partial charge in [0.15, 0.2) is 5.57 Å². The zero-order valence-corrected chi connectivity index (χ0v) is 44.9. The van der Waals surface area contributed by atoms with Crippen LogP contribution < -0.4 is 9.47 Å². The van der Waals surface area contributed by atoms with Gasteiger partial charge < -0.3 is 37.9 Å². The molecule has 76 heavy (non-hydrogen) atoms. The average Bonchev–Trinajstić information content (AvgIpc) is 3.90. The van der Waals surface area contributed by atoms with Crippen molar-refractivity contribution in [1.29, 1.82) is 5.26 Å². The Morgan fingerprint density at radius 2 is 0.750 bits per heavy atom. The normalized spacial score (nSPS) is 23.9. The Bertz CT molecular complexity index is 2210. The third kappa shape index (κ3) is 17.6. The summed E-state index contributed by atoms with van der Waals surface area (Å²) in [6.07, 6.45) is 18.3. The van der Waals surface area contributed by atoms with Gasteiger partial charge in [0.05, 0.1) is 64.1 Å². The lowest BCUT2D eigenvalue weighted by Crippen LogP contribution is -2.31. The van der Waals surface area contributed by atoms with Crippen LogP contribution in [0.25, 0.3) is 0 Å². The van der Waals surface area contributed by atoms with Crippen molar-refractivity contribution >= 4 is 71.3 Å². The van der Waals surface area contributed by atoms with Crippen molar-refractivity contribution in [1.82, 2.24) is 0 Å². The lowest BCUT2D eigenvalue weighted by molar-refractivity contribution is -0.151. The molecule has 0 amide bonds. The predicted octanol–water partition coefficient (Wildman–Crippen LogP) is 10.0. The zero-order chi connectivity index (χ0) is 54.4. The van der Waals surface area contributed by atoms with Crippen LogP contribution in [0.5, 0.6) is 11.5 Å². The Kier molecular flexibility index (Phi) is 24.0. The van der Waals surface area contributed by atoms with E-state index in [-0.39, 0.29) is 96.6 Å². The molecular formula is C57H71NO16S2. The van der Waals surface area contributed by atoms with Gasteiger partial charge in [0.25, 0.3) is 0 Å². The van der Waals surface area contributed by atoms with Crippen molar-refractivity contribution in [3.63, 3.8) is 0 Å². The summed E-state index contributed by atoms with van der Waals surface area (Å²) in [6.45, 7) is 10.6. The molecule has 0 radical (unpaired) electrons. The summed E-state index contributed by atoms with van der Waals surface area (Å²) in [7, 11) is 0. The first-order chi connectivity index (χ1) is 36.8. The quantitative estimate of drug-likeness (QED) is 0.0221. The molecule has 1 aliphatic heterocycles. The molecule has 1 heterocycles. The highest BCUT2D eigenvalue weighted by atomic mass is 32.2. The molecule has 17 nitrogen and oxygen atoms in total. The van der Waals surface area contributed by atoms with E-state index in [1.165, 1.54) is 0 Å². The minimum absolute atomic E-state index is 0.135. The molecule has 0 N–H and O–H groups in total. The van der Waals surface area contributed by atoms with Crippen molar-refractivity contribution in [3.05, 3.63) is 59.9 Å². The van der Waals surface area contributed by atoms with Gasteiger partial charge >= 0.3 is 47.8 Å². The molecule has 6 rings (SSSR count). The van der Waals surface area contributed by atoms with E-state index < -0.39 is 35.8 Å². The standard InChI is InChI=1S/C57H71NO16S2/c1-4-47(59)67-29-7-9-31-70-52(62)40-19-11-36(12-20-40)38-15-23-42(24-16-38)54(64)73-45-27-28-46(51-50(45)75-57(76-51)44(35-58)56(66)72-34-33-69-49(61)6-3)74-55(65)43-25-17-39(18-26-43)37-13-21-41(22-14-37)53(63)71-32-10-8-30-68-48(60)5-2/h4-6,27-28,36-43H,1-3,7-26,29-34H2.